The van der Waals surface area contributed by atoms with Crippen LogP contribution < -0.4 is 10.6 Å². The van der Waals surface area contributed by atoms with Crippen molar-refractivity contribution < 1.29 is 14.3 Å². The number of aromatic nitrogens is 1. The summed E-state index contributed by atoms with van der Waals surface area (Å²) in [7, 11) is 0. The standard InChI is InChI=1S/C21H20ClN3O3S2/c22-16-6-2-1-5-15(16)20(27)24-13-7-8-17-18(10-13)30-21(25-17)29-12-19(26)23-11-14-4-3-9-28-14/h1-2,5-8,10,14H,3-4,9,11-12H2,(H,23,26)(H,24,27)/t14-/m0/s1. The van der Waals surface area contributed by atoms with Gasteiger partial charge >= 0.3 is 0 Å². The third kappa shape index (κ3) is 5.31. The molecule has 30 heavy (non-hydrogen) atoms. The maximum atomic E-state index is 12.4. The summed E-state index contributed by atoms with van der Waals surface area (Å²) in [4.78, 5) is 29.1. The lowest BCUT2D eigenvalue weighted by atomic mass is 10.2. The van der Waals surface area contributed by atoms with Gasteiger partial charge in [0.2, 0.25) is 5.91 Å². The first kappa shape index (κ1) is 21.1. The summed E-state index contributed by atoms with van der Waals surface area (Å²) in [6, 6.07) is 12.5. The summed E-state index contributed by atoms with van der Waals surface area (Å²) >= 11 is 8.99. The number of hydrogen-bond acceptors (Lipinski definition) is 6. The first-order valence-corrected chi connectivity index (χ1v) is 11.7. The van der Waals surface area contributed by atoms with Crippen LogP contribution in [-0.2, 0) is 9.53 Å². The molecule has 1 aliphatic rings. The number of hydrogen-bond donors (Lipinski definition) is 2. The number of carbonyl (C=O) groups excluding carboxylic acids is 2. The van der Waals surface area contributed by atoms with Crippen molar-refractivity contribution in [1.82, 2.24) is 10.3 Å². The van der Waals surface area contributed by atoms with E-state index in [9.17, 15) is 9.59 Å². The zero-order valence-corrected chi connectivity index (χ0v) is 18.4. The number of carbonyl (C=O) groups is 2. The fourth-order valence-corrected chi connectivity index (χ4v) is 5.26. The summed E-state index contributed by atoms with van der Waals surface area (Å²) in [5, 5.41) is 6.19. The molecule has 1 fully saturated rings. The number of nitrogens with zero attached hydrogens (tertiary/aromatic N) is 1. The van der Waals surface area contributed by atoms with E-state index in [1.165, 1.54) is 23.1 Å². The van der Waals surface area contributed by atoms with Crippen molar-refractivity contribution in [3.63, 3.8) is 0 Å². The molecule has 0 aliphatic carbocycles. The zero-order valence-electron chi connectivity index (χ0n) is 16.0. The van der Waals surface area contributed by atoms with Crippen molar-refractivity contribution in [1.29, 1.82) is 0 Å². The molecule has 1 aliphatic heterocycles. The molecule has 2 heterocycles. The number of thioether (sulfide) groups is 1. The third-order valence-electron chi connectivity index (χ3n) is 4.62. The number of nitrogens with one attached hydrogen (secondary N) is 2. The number of ether oxygens (including phenoxy) is 1. The maximum Gasteiger partial charge on any atom is 0.257 e. The van der Waals surface area contributed by atoms with Gasteiger partial charge in [0.05, 0.1) is 32.7 Å². The zero-order chi connectivity index (χ0) is 20.9. The Morgan fingerprint density at radius 1 is 1.27 bits per heavy atom. The largest absolute Gasteiger partial charge is 0.376 e. The number of amides is 2. The van der Waals surface area contributed by atoms with Crippen molar-refractivity contribution in [3.8, 4) is 0 Å². The predicted molar refractivity (Wildman–Crippen MR) is 122 cm³/mol. The van der Waals surface area contributed by atoms with E-state index in [2.05, 4.69) is 15.6 Å². The Morgan fingerprint density at radius 2 is 2.13 bits per heavy atom. The predicted octanol–water partition coefficient (Wildman–Crippen LogP) is 4.59. The van der Waals surface area contributed by atoms with E-state index in [1.54, 1.807) is 30.3 Å². The smallest absolute Gasteiger partial charge is 0.257 e. The summed E-state index contributed by atoms with van der Waals surface area (Å²) in [5.41, 5.74) is 1.92. The Hall–Kier alpha value is -2.13. The van der Waals surface area contributed by atoms with Gasteiger partial charge in [-0.15, -0.1) is 11.3 Å². The molecule has 156 valence electrons. The van der Waals surface area contributed by atoms with Crippen molar-refractivity contribution in [2.45, 2.75) is 23.3 Å². The Morgan fingerprint density at radius 3 is 2.93 bits per heavy atom. The molecule has 1 atom stereocenters. The lowest BCUT2D eigenvalue weighted by Gasteiger charge is -2.09. The molecule has 9 heteroatoms. The normalized spacial score (nSPS) is 16.0. The van der Waals surface area contributed by atoms with E-state index in [0.29, 0.717) is 28.6 Å². The van der Waals surface area contributed by atoms with Crippen LogP contribution in [0.5, 0.6) is 0 Å². The highest BCUT2D eigenvalue weighted by Crippen LogP contribution is 2.31. The minimum Gasteiger partial charge on any atom is -0.376 e. The molecule has 2 N–H and O–H groups in total. The van der Waals surface area contributed by atoms with Crippen LogP contribution in [0.1, 0.15) is 23.2 Å². The molecular weight excluding hydrogens is 442 g/mol. The number of rotatable bonds is 7. The second-order valence-corrected chi connectivity index (χ2v) is 9.48. The van der Waals surface area contributed by atoms with Gasteiger partial charge in [-0.2, -0.15) is 0 Å². The van der Waals surface area contributed by atoms with Gasteiger partial charge in [-0.25, -0.2) is 4.98 Å². The molecule has 1 aromatic heterocycles. The summed E-state index contributed by atoms with van der Waals surface area (Å²) in [6.07, 6.45) is 2.20. The number of fused-ring (bicyclic) bond motifs is 1. The van der Waals surface area contributed by atoms with Crippen LogP contribution in [0.4, 0.5) is 5.69 Å². The van der Waals surface area contributed by atoms with Gasteiger partial charge in [0.1, 0.15) is 0 Å². The quantitative estimate of drug-likeness (QED) is 0.503. The Labute approximate surface area is 187 Å². The highest BCUT2D eigenvalue weighted by atomic mass is 35.5. The second kappa shape index (κ2) is 9.78. The van der Waals surface area contributed by atoms with Crippen molar-refractivity contribution in [3.05, 3.63) is 53.1 Å². The molecule has 0 unspecified atom stereocenters. The highest BCUT2D eigenvalue weighted by Gasteiger charge is 2.16. The Kier molecular flexibility index (Phi) is 6.89. The van der Waals surface area contributed by atoms with Crippen molar-refractivity contribution in [2.24, 2.45) is 0 Å². The van der Waals surface area contributed by atoms with E-state index in [0.717, 1.165) is 34.0 Å². The minimum atomic E-state index is -0.262. The fourth-order valence-electron chi connectivity index (χ4n) is 3.10. The molecule has 6 nitrogen and oxygen atoms in total. The third-order valence-corrected chi connectivity index (χ3v) is 7.11. The lowest BCUT2D eigenvalue weighted by Crippen LogP contribution is -2.32. The lowest BCUT2D eigenvalue weighted by molar-refractivity contribution is -0.119. The van der Waals surface area contributed by atoms with E-state index >= 15 is 0 Å². The van der Waals surface area contributed by atoms with Crippen LogP contribution in [0.25, 0.3) is 10.2 Å². The van der Waals surface area contributed by atoms with E-state index < -0.39 is 0 Å². The fraction of sp³-hybridized carbons (Fsp3) is 0.286. The van der Waals surface area contributed by atoms with E-state index in [1.807, 2.05) is 12.1 Å². The molecule has 3 aromatic rings. The van der Waals surface area contributed by atoms with Gasteiger partial charge in [-0.3, -0.25) is 9.59 Å². The first-order valence-electron chi connectivity index (χ1n) is 9.56. The average molecular weight is 462 g/mol. The second-order valence-electron chi connectivity index (χ2n) is 6.82. The molecule has 0 spiro atoms. The van der Waals surface area contributed by atoms with Gasteiger partial charge in [-0.05, 0) is 43.2 Å². The highest BCUT2D eigenvalue weighted by molar-refractivity contribution is 8.01. The Balaban J connectivity index is 1.34. The minimum absolute atomic E-state index is 0.0255. The summed E-state index contributed by atoms with van der Waals surface area (Å²) < 4.78 is 7.26. The van der Waals surface area contributed by atoms with Gasteiger partial charge in [-0.1, -0.05) is 35.5 Å². The maximum absolute atomic E-state index is 12.4. The topological polar surface area (TPSA) is 80.3 Å². The first-order chi connectivity index (χ1) is 14.6. The number of halogens is 1. The van der Waals surface area contributed by atoms with E-state index in [-0.39, 0.29) is 17.9 Å². The molecule has 0 saturated carbocycles. The van der Waals surface area contributed by atoms with Gasteiger partial charge in [0.15, 0.2) is 4.34 Å². The monoisotopic (exact) mass is 461 g/mol. The van der Waals surface area contributed by atoms with Crippen molar-refractivity contribution >= 4 is 62.4 Å². The van der Waals surface area contributed by atoms with Crippen LogP contribution >= 0.6 is 34.7 Å². The molecule has 2 amide bonds. The summed E-state index contributed by atoms with van der Waals surface area (Å²) in [6.45, 7) is 1.34. The van der Waals surface area contributed by atoms with Crippen LogP contribution in [0, 0.1) is 0 Å². The average Bonchev–Trinajstić information content (AvgIpc) is 3.40. The van der Waals surface area contributed by atoms with Crippen molar-refractivity contribution in [2.75, 3.05) is 24.2 Å². The number of anilines is 1. The number of thiazole rings is 1. The molecule has 1 saturated heterocycles. The van der Waals surface area contributed by atoms with Gasteiger partial charge in [0, 0.05) is 18.8 Å². The van der Waals surface area contributed by atoms with Crippen LogP contribution in [0.2, 0.25) is 5.02 Å². The molecular formula is C21H20ClN3O3S2. The molecule has 0 bridgehead atoms. The number of benzene rings is 2. The van der Waals surface area contributed by atoms with Crippen LogP contribution in [0.3, 0.4) is 0 Å². The van der Waals surface area contributed by atoms with E-state index in [4.69, 9.17) is 16.3 Å². The Bertz CT molecular complexity index is 1070. The van der Waals surface area contributed by atoms with Gasteiger partial charge < -0.3 is 15.4 Å². The molecule has 0 radical (unpaired) electrons. The van der Waals surface area contributed by atoms with Crippen LogP contribution in [0.15, 0.2) is 46.8 Å². The SMILES string of the molecule is O=C(CSc1nc2ccc(NC(=O)c3ccccc3Cl)cc2s1)NC[C@@H]1CCCO1. The molecule has 2 aromatic carbocycles. The summed E-state index contributed by atoms with van der Waals surface area (Å²) in [5.74, 6) is 0.0206. The van der Waals surface area contributed by atoms with Gasteiger partial charge in [0.25, 0.3) is 5.91 Å². The van der Waals surface area contributed by atoms with Crippen LogP contribution in [-0.4, -0.2) is 41.8 Å². The molecule has 4 rings (SSSR count).